The number of hydrogen-bond donors (Lipinski definition) is 3. The highest BCUT2D eigenvalue weighted by Gasteiger charge is 2.22. The molecule has 4 aromatic rings. The quantitative estimate of drug-likeness (QED) is 0.342. The van der Waals surface area contributed by atoms with Crippen molar-refractivity contribution in [2.45, 2.75) is 26.2 Å². The van der Waals surface area contributed by atoms with Crippen LogP contribution in [0.2, 0.25) is 0 Å². The average molecular weight is 505 g/mol. The molecule has 0 radical (unpaired) electrons. The van der Waals surface area contributed by atoms with Crippen molar-refractivity contribution in [2.24, 2.45) is 0 Å². The molecule has 0 saturated carbocycles. The molecule has 2 aromatic heterocycles. The van der Waals surface area contributed by atoms with Crippen molar-refractivity contribution in [1.29, 1.82) is 5.26 Å². The van der Waals surface area contributed by atoms with Crippen LogP contribution in [0.3, 0.4) is 0 Å². The van der Waals surface area contributed by atoms with Gasteiger partial charge in [-0.25, -0.2) is 28.2 Å². The van der Waals surface area contributed by atoms with Crippen LogP contribution in [-0.4, -0.2) is 25.8 Å². The lowest BCUT2D eigenvalue weighted by molar-refractivity contribution is 0.262. The lowest BCUT2D eigenvalue weighted by Crippen LogP contribution is -2.22. The zero-order valence-corrected chi connectivity index (χ0v) is 20.1. The summed E-state index contributed by atoms with van der Waals surface area (Å²) in [6.07, 6.45) is 1.11. The summed E-state index contributed by atoms with van der Waals surface area (Å²) in [6, 6.07) is 12.2. The van der Waals surface area contributed by atoms with Crippen LogP contribution in [-0.2, 0) is 5.41 Å². The summed E-state index contributed by atoms with van der Waals surface area (Å²) >= 11 is 0. The molecule has 2 amide bonds. The number of nitrogen functional groups attached to an aromatic ring is 1. The van der Waals surface area contributed by atoms with Gasteiger partial charge in [0.05, 0.1) is 17.1 Å². The van der Waals surface area contributed by atoms with Gasteiger partial charge in [-0.3, -0.25) is 5.32 Å². The maximum Gasteiger partial charge on any atom is 0.324 e. The average Bonchev–Trinajstić information content (AvgIpc) is 3.25. The van der Waals surface area contributed by atoms with E-state index in [4.69, 9.17) is 10.5 Å². The Morgan fingerprint density at radius 3 is 2.57 bits per heavy atom. The van der Waals surface area contributed by atoms with E-state index in [0.717, 1.165) is 12.4 Å². The van der Waals surface area contributed by atoms with E-state index < -0.39 is 17.7 Å². The third kappa shape index (κ3) is 5.62. The Kier molecular flexibility index (Phi) is 6.71. The Balaban J connectivity index is 1.54. The van der Waals surface area contributed by atoms with E-state index >= 15 is 0 Å². The van der Waals surface area contributed by atoms with Gasteiger partial charge in [0.2, 0.25) is 5.88 Å². The second-order valence-electron chi connectivity index (χ2n) is 8.93. The smallest absolute Gasteiger partial charge is 0.324 e. The molecule has 37 heavy (non-hydrogen) atoms. The first-order valence-corrected chi connectivity index (χ1v) is 11.0. The van der Waals surface area contributed by atoms with E-state index in [1.165, 1.54) is 35.0 Å². The highest BCUT2D eigenvalue weighted by Crippen LogP contribution is 2.29. The molecule has 4 N–H and O–H groups in total. The van der Waals surface area contributed by atoms with Crippen LogP contribution >= 0.6 is 0 Å². The number of urea groups is 1. The molecule has 0 spiro atoms. The number of nitrogens with one attached hydrogen (secondary N) is 2. The number of nitriles is 1. The van der Waals surface area contributed by atoms with Gasteiger partial charge in [0.1, 0.15) is 41.4 Å². The number of anilines is 3. The van der Waals surface area contributed by atoms with Gasteiger partial charge in [-0.15, -0.1) is 0 Å². The molecule has 0 unspecified atom stereocenters. The topological polar surface area (TPSA) is 144 Å². The second kappa shape index (κ2) is 9.90. The van der Waals surface area contributed by atoms with Gasteiger partial charge in [0, 0.05) is 17.5 Å². The maximum atomic E-state index is 14.8. The summed E-state index contributed by atoms with van der Waals surface area (Å²) in [5, 5.41) is 18.8. The second-order valence-corrected chi connectivity index (χ2v) is 8.93. The number of benzene rings is 2. The third-order valence-corrected chi connectivity index (χ3v) is 5.13. The Morgan fingerprint density at radius 1 is 1.11 bits per heavy atom. The number of nitrogens with two attached hydrogens (primary N) is 1. The van der Waals surface area contributed by atoms with Gasteiger partial charge in [-0.1, -0.05) is 26.8 Å². The predicted molar refractivity (Wildman–Crippen MR) is 132 cm³/mol. The lowest BCUT2D eigenvalue weighted by Gasteiger charge is -2.14. The zero-order valence-electron chi connectivity index (χ0n) is 20.1. The molecule has 0 aliphatic heterocycles. The van der Waals surface area contributed by atoms with Gasteiger partial charge >= 0.3 is 6.03 Å². The maximum absolute atomic E-state index is 14.8. The SMILES string of the molecule is CC(C)(C)c1cc(NC(=O)Nc2ccc(Oc3ncnc(N)c3C#N)cc2F)n(-c2cccc(F)c2)n1. The van der Waals surface area contributed by atoms with E-state index in [-0.39, 0.29) is 39.9 Å². The van der Waals surface area contributed by atoms with Crippen molar-refractivity contribution < 1.29 is 18.3 Å². The van der Waals surface area contributed by atoms with Crippen LogP contribution in [0.4, 0.5) is 30.9 Å². The minimum atomic E-state index is -0.804. The van der Waals surface area contributed by atoms with Crippen molar-refractivity contribution >= 4 is 23.4 Å². The lowest BCUT2D eigenvalue weighted by atomic mass is 9.92. The van der Waals surface area contributed by atoms with Crippen LogP contribution in [0.1, 0.15) is 32.0 Å². The molecule has 0 aliphatic rings. The molecular formula is C25H22F2N8O2. The van der Waals surface area contributed by atoms with Crippen LogP contribution < -0.4 is 21.1 Å². The van der Waals surface area contributed by atoms with Crippen molar-refractivity contribution in [2.75, 3.05) is 16.4 Å². The summed E-state index contributed by atoms with van der Waals surface area (Å²) in [5.41, 5.74) is 6.11. The molecule has 0 fully saturated rings. The van der Waals surface area contributed by atoms with Gasteiger partial charge < -0.3 is 15.8 Å². The summed E-state index contributed by atoms with van der Waals surface area (Å²) in [6.45, 7) is 5.84. The number of nitrogens with zero attached hydrogens (tertiary/aromatic N) is 5. The van der Waals surface area contributed by atoms with Crippen LogP contribution in [0.5, 0.6) is 11.6 Å². The zero-order chi connectivity index (χ0) is 26.7. The molecular weight excluding hydrogens is 482 g/mol. The van der Waals surface area contributed by atoms with Crippen molar-refractivity contribution in [3.8, 4) is 23.4 Å². The summed E-state index contributed by atoms with van der Waals surface area (Å²) in [4.78, 5) is 20.3. The van der Waals surface area contributed by atoms with E-state index in [9.17, 15) is 18.8 Å². The van der Waals surface area contributed by atoms with Gasteiger partial charge in [-0.2, -0.15) is 10.4 Å². The Labute approximate surface area is 210 Å². The number of hydrogen-bond acceptors (Lipinski definition) is 7. The number of amides is 2. The molecule has 4 rings (SSSR count). The van der Waals surface area contributed by atoms with Crippen LogP contribution in [0, 0.1) is 23.0 Å². The molecule has 0 atom stereocenters. The van der Waals surface area contributed by atoms with Crippen LogP contribution in [0.15, 0.2) is 54.9 Å². The van der Waals surface area contributed by atoms with Gasteiger partial charge in [-0.05, 0) is 30.3 Å². The highest BCUT2D eigenvalue weighted by molar-refractivity contribution is 5.99. The predicted octanol–water partition coefficient (Wildman–Crippen LogP) is 5.13. The molecule has 0 aliphatic carbocycles. The number of rotatable bonds is 5. The molecule has 188 valence electrons. The van der Waals surface area contributed by atoms with E-state index in [1.54, 1.807) is 12.1 Å². The number of halogens is 2. The first kappa shape index (κ1) is 25.1. The minimum absolute atomic E-state index is 0.0251. The monoisotopic (exact) mass is 504 g/mol. The largest absolute Gasteiger partial charge is 0.437 e. The molecule has 2 aromatic carbocycles. The summed E-state index contributed by atoms with van der Waals surface area (Å²) in [5.74, 6) is -1.18. The highest BCUT2D eigenvalue weighted by atomic mass is 19.1. The van der Waals surface area contributed by atoms with Gasteiger partial charge in [0.25, 0.3) is 0 Å². The standard InChI is InChI=1S/C25H22F2N8O2/c1-25(2,3)20-11-21(35(34-20)15-6-4-5-14(26)9-15)33-24(36)32-19-8-7-16(10-18(19)27)37-23-17(12-28)22(29)30-13-31-23/h4-11,13H,1-3H3,(H2,29,30,31)(H2,32,33,36). The van der Waals surface area contributed by atoms with E-state index in [2.05, 4.69) is 25.7 Å². The summed E-state index contributed by atoms with van der Waals surface area (Å²) < 4.78 is 35.5. The molecule has 0 bridgehead atoms. The number of aromatic nitrogens is 4. The number of ether oxygens (including phenoxy) is 1. The molecule has 2 heterocycles. The van der Waals surface area contributed by atoms with E-state index in [0.29, 0.717) is 11.4 Å². The number of carbonyl (C=O) groups excluding carboxylic acids is 1. The van der Waals surface area contributed by atoms with Crippen molar-refractivity contribution in [3.63, 3.8) is 0 Å². The number of carbonyl (C=O) groups is 1. The molecule has 10 nitrogen and oxygen atoms in total. The Morgan fingerprint density at radius 2 is 1.89 bits per heavy atom. The molecule has 12 heteroatoms. The third-order valence-electron chi connectivity index (χ3n) is 5.13. The van der Waals surface area contributed by atoms with Crippen molar-refractivity contribution in [3.05, 3.63) is 77.8 Å². The van der Waals surface area contributed by atoms with Crippen molar-refractivity contribution in [1.82, 2.24) is 19.7 Å². The fourth-order valence-electron chi connectivity index (χ4n) is 3.25. The fourth-order valence-corrected chi connectivity index (χ4v) is 3.25. The first-order valence-electron chi connectivity index (χ1n) is 11.0. The normalized spacial score (nSPS) is 11.0. The van der Waals surface area contributed by atoms with E-state index in [1.807, 2.05) is 26.8 Å². The summed E-state index contributed by atoms with van der Waals surface area (Å²) in [7, 11) is 0. The first-order chi connectivity index (χ1) is 17.5. The Hall–Kier alpha value is -5.05. The Bertz CT molecular complexity index is 1520. The van der Waals surface area contributed by atoms with Crippen LogP contribution in [0.25, 0.3) is 5.69 Å². The minimum Gasteiger partial charge on any atom is -0.437 e. The fraction of sp³-hybridized carbons (Fsp3) is 0.160. The molecule has 0 saturated heterocycles. The van der Waals surface area contributed by atoms with Gasteiger partial charge in [0.15, 0.2) is 5.56 Å².